The molecule has 2 rings (SSSR count). The van der Waals surface area contributed by atoms with E-state index in [0.717, 1.165) is 22.3 Å². The highest BCUT2D eigenvalue weighted by atomic mass is 16.6. The van der Waals surface area contributed by atoms with Crippen molar-refractivity contribution in [1.82, 2.24) is 5.32 Å². The van der Waals surface area contributed by atoms with Gasteiger partial charge in [-0.2, -0.15) is 0 Å². The first kappa shape index (κ1) is 28.4. The lowest BCUT2D eigenvalue weighted by Gasteiger charge is -2.26. The van der Waals surface area contributed by atoms with Gasteiger partial charge >= 0.3 is 5.97 Å². The Labute approximate surface area is 206 Å². The number of esters is 1. The van der Waals surface area contributed by atoms with E-state index in [1.54, 1.807) is 6.92 Å². The van der Waals surface area contributed by atoms with Crippen molar-refractivity contribution in [2.75, 3.05) is 56.8 Å². The van der Waals surface area contributed by atoms with Crippen molar-refractivity contribution >= 4 is 29.2 Å². The summed E-state index contributed by atoms with van der Waals surface area (Å²) in [4.78, 5) is 34.9. The number of carbonyl (C=O) groups excluding carboxylic acids is 3. The predicted molar refractivity (Wildman–Crippen MR) is 132 cm³/mol. The molecular weight excluding hydrogens is 454 g/mol. The Hall–Kier alpha value is -2.79. The fourth-order valence-corrected chi connectivity index (χ4v) is 3.92. The molecule has 1 fully saturated rings. The highest BCUT2D eigenvalue weighted by Gasteiger charge is 2.49. The second-order valence-electron chi connectivity index (χ2n) is 8.55. The Morgan fingerprint density at radius 2 is 1.34 bits per heavy atom. The van der Waals surface area contributed by atoms with E-state index in [-0.39, 0.29) is 25.0 Å². The van der Waals surface area contributed by atoms with E-state index in [1.165, 1.54) is 13.8 Å². The Kier molecular flexibility index (Phi) is 10.4. The fourth-order valence-electron chi connectivity index (χ4n) is 3.92. The Bertz CT molecular complexity index is 927. The van der Waals surface area contributed by atoms with E-state index in [0.29, 0.717) is 49.9 Å². The van der Waals surface area contributed by atoms with Crippen molar-refractivity contribution in [3.05, 3.63) is 34.4 Å². The van der Waals surface area contributed by atoms with Gasteiger partial charge in [-0.15, -0.1) is 0 Å². The first-order valence-corrected chi connectivity index (χ1v) is 11.6. The molecule has 0 spiro atoms. The normalized spacial score (nSPS) is 16.5. The molecule has 2 amide bonds. The average Bonchev–Trinajstić information content (AvgIpc) is 3.55. The van der Waals surface area contributed by atoms with Crippen LogP contribution in [0.1, 0.15) is 43.0 Å². The van der Waals surface area contributed by atoms with E-state index in [1.807, 2.05) is 20.8 Å². The number of rotatable bonds is 14. The smallest absolute Gasteiger partial charge is 0.333 e. The molecule has 10 heteroatoms. The Balaban J connectivity index is 1.92. The molecule has 194 valence electrons. The summed E-state index contributed by atoms with van der Waals surface area (Å²) < 4.78 is 21.8. The van der Waals surface area contributed by atoms with Crippen LogP contribution in [0.25, 0.3) is 0 Å². The summed E-state index contributed by atoms with van der Waals surface area (Å²) in [6.45, 7) is 16.4. The van der Waals surface area contributed by atoms with Gasteiger partial charge in [0.1, 0.15) is 6.61 Å². The van der Waals surface area contributed by atoms with Gasteiger partial charge in [-0.05, 0) is 44.4 Å². The van der Waals surface area contributed by atoms with Crippen LogP contribution in [0.5, 0.6) is 0 Å². The lowest BCUT2D eigenvalue weighted by Crippen LogP contribution is -2.35. The molecule has 3 N–H and O–H groups in total. The van der Waals surface area contributed by atoms with E-state index in [4.69, 9.17) is 18.9 Å². The number of anilines is 2. The third-order valence-electron chi connectivity index (χ3n) is 5.53. The summed E-state index contributed by atoms with van der Waals surface area (Å²) in [5, 5.41) is 9.19. The largest absolute Gasteiger partial charge is 0.460 e. The fraction of sp³-hybridized carbons (Fsp3) is 0.560. The van der Waals surface area contributed by atoms with Crippen LogP contribution in [0, 0.1) is 20.8 Å². The van der Waals surface area contributed by atoms with Gasteiger partial charge in [0, 0.05) is 42.9 Å². The number of nitrogens with one attached hydrogen (secondary N) is 3. The highest BCUT2D eigenvalue weighted by molar-refractivity contribution is 5.96. The number of ether oxygens (including phenoxy) is 4. The topological polar surface area (TPSA) is 128 Å². The molecule has 10 nitrogen and oxygen atoms in total. The van der Waals surface area contributed by atoms with E-state index >= 15 is 0 Å². The molecular formula is C25H37N3O7. The first-order valence-electron chi connectivity index (χ1n) is 11.6. The van der Waals surface area contributed by atoms with Crippen LogP contribution >= 0.6 is 0 Å². The highest BCUT2D eigenvalue weighted by Crippen LogP contribution is 2.45. The van der Waals surface area contributed by atoms with E-state index in [9.17, 15) is 14.4 Å². The van der Waals surface area contributed by atoms with Crippen LogP contribution in [0.15, 0.2) is 12.2 Å². The van der Waals surface area contributed by atoms with Crippen LogP contribution in [-0.4, -0.2) is 64.0 Å². The molecule has 0 aromatic heterocycles. The summed E-state index contributed by atoms with van der Waals surface area (Å²) in [6.07, 6.45) is 0. The number of amides is 2. The lowest BCUT2D eigenvalue weighted by atomic mass is 9.90. The molecule has 0 bridgehead atoms. The van der Waals surface area contributed by atoms with Gasteiger partial charge in [0.15, 0.2) is 5.72 Å². The van der Waals surface area contributed by atoms with Gasteiger partial charge in [-0.25, -0.2) is 4.79 Å². The summed E-state index contributed by atoms with van der Waals surface area (Å²) >= 11 is 0. The summed E-state index contributed by atoms with van der Waals surface area (Å²) in [5.74, 6) is -0.814. The predicted octanol–water partition coefficient (Wildman–Crippen LogP) is 2.45. The lowest BCUT2D eigenvalue weighted by molar-refractivity contribution is -0.140. The average molecular weight is 492 g/mol. The van der Waals surface area contributed by atoms with Crippen molar-refractivity contribution in [3.8, 4) is 0 Å². The van der Waals surface area contributed by atoms with Gasteiger partial charge in [0.2, 0.25) is 11.8 Å². The third kappa shape index (κ3) is 7.86. The molecule has 1 aliphatic rings. The zero-order chi connectivity index (χ0) is 26.2. The van der Waals surface area contributed by atoms with Crippen molar-refractivity contribution in [1.29, 1.82) is 0 Å². The quantitative estimate of drug-likeness (QED) is 0.157. The number of epoxide rings is 1. The number of carbonyl (C=O) groups is 3. The van der Waals surface area contributed by atoms with Crippen molar-refractivity contribution < 1.29 is 33.3 Å². The first-order chi connectivity index (χ1) is 16.5. The number of hydrogen-bond donors (Lipinski definition) is 3. The second kappa shape index (κ2) is 12.8. The monoisotopic (exact) mass is 491 g/mol. The van der Waals surface area contributed by atoms with Crippen LogP contribution in [0.2, 0.25) is 0 Å². The summed E-state index contributed by atoms with van der Waals surface area (Å²) in [6, 6.07) is 0. The molecule has 0 aliphatic carbocycles. The van der Waals surface area contributed by atoms with Gasteiger partial charge in [-0.3, -0.25) is 14.9 Å². The van der Waals surface area contributed by atoms with Gasteiger partial charge in [-0.1, -0.05) is 6.58 Å². The molecule has 0 radical (unpaired) electrons. The molecule has 1 unspecified atom stereocenters. The molecule has 1 saturated heterocycles. The zero-order valence-corrected chi connectivity index (χ0v) is 21.5. The van der Waals surface area contributed by atoms with Crippen LogP contribution in [0.4, 0.5) is 11.4 Å². The number of benzene rings is 1. The van der Waals surface area contributed by atoms with E-state index in [2.05, 4.69) is 22.5 Å². The summed E-state index contributed by atoms with van der Waals surface area (Å²) in [5.41, 5.74) is 4.43. The minimum Gasteiger partial charge on any atom is -0.460 e. The second-order valence-corrected chi connectivity index (χ2v) is 8.55. The maximum Gasteiger partial charge on any atom is 0.333 e. The van der Waals surface area contributed by atoms with Crippen molar-refractivity contribution in [2.45, 2.75) is 47.3 Å². The Morgan fingerprint density at radius 1 is 0.857 bits per heavy atom. The van der Waals surface area contributed by atoms with Gasteiger partial charge in [0.05, 0.1) is 33.0 Å². The molecule has 1 aliphatic heterocycles. The molecule has 35 heavy (non-hydrogen) atoms. The van der Waals surface area contributed by atoms with Crippen LogP contribution in [-0.2, 0) is 39.1 Å². The number of hydrogen-bond acceptors (Lipinski definition) is 8. The van der Waals surface area contributed by atoms with Gasteiger partial charge in [0.25, 0.3) is 0 Å². The van der Waals surface area contributed by atoms with Crippen molar-refractivity contribution in [2.24, 2.45) is 0 Å². The van der Waals surface area contributed by atoms with E-state index < -0.39 is 11.7 Å². The maximum absolute atomic E-state index is 11.8. The molecule has 1 aromatic rings. The minimum atomic E-state index is -0.713. The SMILES string of the molecule is C=C(C)C(=O)OCCOCCOCCNC1(c2c(C)c(NC(C)=O)c(C)c(NC(C)=O)c2C)CO1. The molecule has 1 aromatic carbocycles. The zero-order valence-electron chi connectivity index (χ0n) is 21.5. The van der Waals surface area contributed by atoms with Crippen LogP contribution in [0.3, 0.4) is 0 Å². The minimum absolute atomic E-state index is 0.170. The van der Waals surface area contributed by atoms with Crippen LogP contribution < -0.4 is 16.0 Å². The summed E-state index contributed by atoms with van der Waals surface area (Å²) in [7, 11) is 0. The Morgan fingerprint density at radius 3 is 1.80 bits per heavy atom. The molecule has 0 saturated carbocycles. The standard InChI is InChI=1S/C25H37N3O7/c1-15(2)24(31)34-13-12-33-11-10-32-9-8-26-25(14-35-25)21-16(3)22(27-19(6)29)18(5)23(17(21)4)28-20(7)30/h26H,1,8-14H2,2-7H3,(H,27,29)(H,28,30). The third-order valence-corrected chi connectivity index (χ3v) is 5.53. The van der Waals surface area contributed by atoms with Crippen molar-refractivity contribution in [3.63, 3.8) is 0 Å². The van der Waals surface area contributed by atoms with Gasteiger partial charge < -0.3 is 29.6 Å². The molecule has 1 heterocycles. The molecule has 1 atom stereocenters. The maximum atomic E-state index is 11.8.